The van der Waals surface area contributed by atoms with E-state index in [4.69, 9.17) is 4.74 Å². The van der Waals surface area contributed by atoms with Crippen molar-refractivity contribution in [1.29, 1.82) is 0 Å². The van der Waals surface area contributed by atoms with Gasteiger partial charge in [0.15, 0.2) is 0 Å². The lowest BCUT2D eigenvalue weighted by Gasteiger charge is -2.41. The maximum atomic E-state index is 15.4. The van der Waals surface area contributed by atoms with Crippen LogP contribution < -0.4 is 21.3 Å². The average molecular weight is 1020 g/mol. The van der Waals surface area contributed by atoms with E-state index in [0.29, 0.717) is 22.7 Å². The van der Waals surface area contributed by atoms with Crippen molar-refractivity contribution in [3.8, 4) is 11.1 Å². The Hall–Kier alpha value is -6.35. The number of alkyl carbamates (subject to hydrolysis) is 1. The number of nitrogens with zero attached hydrogens (tertiary/aromatic N) is 3. The molecule has 2 aromatic carbocycles. The van der Waals surface area contributed by atoms with Crippen molar-refractivity contribution in [2.24, 2.45) is 11.3 Å². The minimum absolute atomic E-state index is 0.0292. The van der Waals surface area contributed by atoms with Gasteiger partial charge in [-0.25, -0.2) is 18.4 Å². The van der Waals surface area contributed by atoms with Crippen molar-refractivity contribution in [3.05, 3.63) is 95.8 Å². The number of halogens is 2. The molecule has 4 rings (SSSR count). The van der Waals surface area contributed by atoms with Crippen LogP contribution >= 0.6 is 11.8 Å². The van der Waals surface area contributed by atoms with Crippen molar-refractivity contribution >= 4 is 67.3 Å². The number of thioether (sulfide) groups is 1. The third kappa shape index (κ3) is 17.5. The molecule has 7 amide bonds. The number of aliphatic carboxylic acids is 1. The Balaban J connectivity index is 1.54. The van der Waals surface area contributed by atoms with Crippen LogP contribution in [0.3, 0.4) is 0 Å². The second-order valence-electron chi connectivity index (χ2n) is 20.0. The van der Waals surface area contributed by atoms with Crippen molar-refractivity contribution in [2.75, 3.05) is 37.7 Å². The van der Waals surface area contributed by atoms with Gasteiger partial charge in [-0.3, -0.25) is 33.7 Å². The van der Waals surface area contributed by atoms with Gasteiger partial charge in [0.1, 0.15) is 36.3 Å². The first kappa shape index (κ1) is 57.2. The molecule has 0 bridgehead atoms. The van der Waals surface area contributed by atoms with Crippen molar-refractivity contribution < 1.29 is 57.0 Å². The first-order valence-corrected chi connectivity index (χ1v) is 28.3. The Bertz CT molecular complexity index is 2420. The van der Waals surface area contributed by atoms with Crippen LogP contribution in [0, 0.1) is 23.0 Å². The molecule has 21 heteroatoms. The molecule has 386 valence electrons. The van der Waals surface area contributed by atoms with E-state index < -0.39 is 109 Å². The molecule has 4 atom stereocenters. The predicted molar refractivity (Wildman–Crippen MR) is 268 cm³/mol. The predicted octanol–water partition coefficient (Wildman–Crippen LogP) is 5.73. The molecule has 0 saturated heterocycles. The Labute approximate surface area is 418 Å². The molecule has 5 N–H and O–H groups in total. The fourth-order valence-electron chi connectivity index (χ4n) is 7.62. The fourth-order valence-corrected chi connectivity index (χ4v) is 9.26. The number of hydrogen-bond donors (Lipinski definition) is 5. The number of rotatable bonds is 25. The van der Waals surface area contributed by atoms with Gasteiger partial charge in [-0.1, -0.05) is 84.6 Å². The van der Waals surface area contributed by atoms with Crippen molar-refractivity contribution in [1.82, 2.24) is 35.6 Å². The summed E-state index contributed by atoms with van der Waals surface area (Å²) >= 11 is 0.951. The van der Waals surface area contributed by atoms with Gasteiger partial charge in [0.25, 0.3) is 11.8 Å². The molecule has 0 saturated carbocycles. The van der Waals surface area contributed by atoms with E-state index in [1.165, 1.54) is 6.92 Å². The number of hydrogen-bond acceptors (Lipinski definition) is 10. The quantitative estimate of drug-likeness (QED) is 0.0392. The zero-order valence-electron chi connectivity index (χ0n) is 41.8. The van der Waals surface area contributed by atoms with Crippen LogP contribution in [0.4, 0.5) is 13.6 Å². The maximum Gasteiger partial charge on any atom is 0.407 e. The van der Waals surface area contributed by atoms with E-state index in [1.54, 1.807) is 31.0 Å². The standard InChI is InChI=1S/C50H67F2N7O10SSi/c1-31(2)44(56-40(60)28-59-41(61)18-19-42(59)62)47(65)54-32(3)46(64)55-38(48(66)67)29-70-30-43(63)58(21-13-20-53-49(68)69-22-23-71(7,8)9)45(50(4,5)6)39-24-34(36-25-35(51)16-17-37(36)52)27-57(39)26-33-14-11-10-12-15-33/h10-12,14-19,24-25,27,31-32,38,44-45H,13,20-23,26,28-30H2,1-9H3,(H,53,68)(H,54,65)(H,55,64)(H,56,60)(H,66,67). The number of amides is 7. The number of aromatic nitrogens is 1. The lowest BCUT2D eigenvalue weighted by molar-refractivity contribution is -0.141. The summed E-state index contributed by atoms with van der Waals surface area (Å²) in [6.07, 6.45) is 3.45. The molecule has 71 heavy (non-hydrogen) atoms. The van der Waals surface area contributed by atoms with Crippen LogP contribution in [0.2, 0.25) is 25.7 Å². The van der Waals surface area contributed by atoms with E-state index in [1.807, 2.05) is 55.7 Å². The summed E-state index contributed by atoms with van der Waals surface area (Å²) in [4.78, 5) is 105. The SMILES string of the molecule is CC(NC(=O)C(NC(=O)CN1C(=O)C=CC1=O)C(C)C)C(=O)NC(CSCC(=O)N(CCCNC(=O)OCC[Si](C)(C)C)C(c1cc(-c2cc(F)ccc2F)cn1Cc1ccccc1)C(C)(C)C)C(=O)O. The maximum absolute atomic E-state index is 15.4. The molecular weight excluding hydrogens is 957 g/mol. The van der Waals surface area contributed by atoms with E-state index in [2.05, 4.69) is 40.9 Å². The molecular formula is C50H67F2N7O10SSi. The number of carboxylic acid groups (broad SMARTS) is 1. The van der Waals surface area contributed by atoms with Gasteiger partial charge in [0.05, 0.1) is 18.4 Å². The highest BCUT2D eigenvalue weighted by Crippen LogP contribution is 2.41. The number of ether oxygens (including phenoxy) is 1. The van der Waals surface area contributed by atoms with Crippen molar-refractivity contribution in [2.45, 2.75) is 104 Å². The Morgan fingerprint density at radius 1 is 0.887 bits per heavy atom. The molecule has 3 aromatic rings. The van der Waals surface area contributed by atoms with Gasteiger partial charge in [0, 0.05) is 68.6 Å². The van der Waals surface area contributed by atoms with Gasteiger partial charge in [-0.2, -0.15) is 0 Å². The zero-order valence-corrected chi connectivity index (χ0v) is 43.6. The smallest absolute Gasteiger partial charge is 0.407 e. The second kappa shape index (κ2) is 25.7. The number of benzene rings is 2. The van der Waals surface area contributed by atoms with Crippen LogP contribution in [0.5, 0.6) is 0 Å². The topological polar surface area (TPSA) is 226 Å². The summed E-state index contributed by atoms with van der Waals surface area (Å²) in [6.45, 7) is 17.1. The molecule has 4 unspecified atom stereocenters. The highest BCUT2D eigenvalue weighted by molar-refractivity contribution is 8.00. The Morgan fingerprint density at radius 3 is 2.15 bits per heavy atom. The number of imide groups is 1. The van der Waals surface area contributed by atoms with E-state index in [9.17, 15) is 47.9 Å². The minimum atomic E-state index is -1.51. The van der Waals surface area contributed by atoms with Crippen molar-refractivity contribution in [3.63, 3.8) is 0 Å². The summed E-state index contributed by atoms with van der Waals surface area (Å²) < 4.78 is 37.3. The molecule has 0 radical (unpaired) electrons. The largest absolute Gasteiger partial charge is 0.480 e. The monoisotopic (exact) mass is 1020 g/mol. The molecule has 17 nitrogen and oxygen atoms in total. The molecule has 0 spiro atoms. The Kier molecular flexibility index (Phi) is 20.7. The molecule has 2 heterocycles. The van der Waals surface area contributed by atoms with Gasteiger partial charge in [0.2, 0.25) is 23.6 Å². The van der Waals surface area contributed by atoms with Crippen LogP contribution in [-0.4, -0.2) is 131 Å². The molecule has 0 aliphatic carbocycles. The molecule has 1 aliphatic rings. The van der Waals surface area contributed by atoms with Crippen LogP contribution in [0.25, 0.3) is 11.1 Å². The third-order valence-corrected chi connectivity index (χ3v) is 14.1. The van der Waals surface area contributed by atoms with Crippen LogP contribution in [0.15, 0.2) is 72.9 Å². The Morgan fingerprint density at radius 2 is 1.55 bits per heavy atom. The summed E-state index contributed by atoms with van der Waals surface area (Å²) in [5, 5.41) is 20.3. The van der Waals surface area contributed by atoms with E-state index in [0.717, 1.165) is 53.7 Å². The van der Waals surface area contributed by atoms with Crippen LogP contribution in [-0.2, 0) is 44.8 Å². The van der Waals surface area contributed by atoms with Gasteiger partial charge in [-0.05, 0) is 60.6 Å². The highest BCUT2D eigenvalue weighted by atomic mass is 32.2. The number of carbonyl (C=O) groups is 8. The summed E-state index contributed by atoms with van der Waals surface area (Å²) in [5.74, 6) is -7.90. The summed E-state index contributed by atoms with van der Waals surface area (Å²) in [7, 11) is -1.46. The lowest BCUT2D eigenvalue weighted by atomic mass is 9.83. The van der Waals surface area contributed by atoms with E-state index >= 15 is 4.39 Å². The molecule has 0 fully saturated rings. The molecule has 1 aromatic heterocycles. The first-order valence-electron chi connectivity index (χ1n) is 23.4. The highest BCUT2D eigenvalue weighted by Gasteiger charge is 2.38. The number of carboxylic acids is 1. The average Bonchev–Trinajstić information content (AvgIpc) is 3.83. The van der Waals surface area contributed by atoms with Gasteiger partial charge < -0.3 is 40.6 Å². The number of carbonyl (C=O) groups excluding carboxylic acids is 7. The molecule has 1 aliphatic heterocycles. The van der Waals surface area contributed by atoms with Gasteiger partial charge in [-0.15, -0.1) is 11.8 Å². The normalized spacial score (nSPS) is 14.4. The fraction of sp³-hybridized carbons (Fsp3) is 0.480. The minimum Gasteiger partial charge on any atom is -0.480 e. The first-order chi connectivity index (χ1) is 33.2. The van der Waals surface area contributed by atoms with Gasteiger partial charge >= 0.3 is 12.1 Å². The zero-order chi connectivity index (χ0) is 52.8. The second-order valence-corrected chi connectivity index (χ2v) is 26.7. The lowest BCUT2D eigenvalue weighted by Crippen LogP contribution is -2.57. The summed E-state index contributed by atoms with van der Waals surface area (Å²) in [5.41, 5.74) is 1.22. The third-order valence-electron chi connectivity index (χ3n) is 11.4. The number of nitrogens with one attached hydrogen (secondary N) is 4. The van der Waals surface area contributed by atoms with E-state index in [-0.39, 0.29) is 43.2 Å². The van der Waals surface area contributed by atoms with Crippen LogP contribution in [0.1, 0.15) is 65.3 Å². The summed E-state index contributed by atoms with van der Waals surface area (Å²) in [6, 6.07) is 10.5.